The van der Waals surface area contributed by atoms with Gasteiger partial charge >= 0.3 is 0 Å². The van der Waals surface area contributed by atoms with Gasteiger partial charge in [-0.05, 0) is 38.2 Å². The van der Waals surface area contributed by atoms with Gasteiger partial charge in [0.1, 0.15) is 4.90 Å². The van der Waals surface area contributed by atoms with Crippen LogP contribution in [0.1, 0.15) is 42.5 Å². The van der Waals surface area contributed by atoms with E-state index in [1.165, 1.54) is 26.4 Å². The molecule has 1 saturated carbocycles. The van der Waals surface area contributed by atoms with E-state index in [0.717, 1.165) is 36.4 Å². The summed E-state index contributed by atoms with van der Waals surface area (Å²) < 4.78 is 43.4. The third-order valence-electron chi connectivity index (χ3n) is 5.72. The van der Waals surface area contributed by atoms with Crippen LogP contribution in [-0.4, -0.2) is 52.1 Å². The highest BCUT2D eigenvalue weighted by Crippen LogP contribution is 2.54. The van der Waals surface area contributed by atoms with Gasteiger partial charge in [-0.1, -0.05) is 0 Å². The second-order valence-electron chi connectivity index (χ2n) is 7.24. The second kappa shape index (κ2) is 6.13. The summed E-state index contributed by atoms with van der Waals surface area (Å²) in [5.74, 6) is 0.137. The first-order valence-electron chi connectivity index (χ1n) is 8.88. The number of hydrogen-bond donors (Lipinski definition) is 0. The van der Waals surface area contributed by atoms with Crippen molar-refractivity contribution < 1.29 is 27.4 Å². The Morgan fingerprint density at radius 1 is 1.19 bits per heavy atom. The molecule has 1 aliphatic carbocycles. The fraction of sp³-hybridized carbons (Fsp3) is 0.611. The van der Waals surface area contributed by atoms with Crippen LogP contribution in [-0.2, 0) is 14.8 Å². The van der Waals surface area contributed by atoms with E-state index in [9.17, 15) is 13.2 Å². The highest BCUT2D eigenvalue weighted by molar-refractivity contribution is 7.90. The fourth-order valence-electron chi connectivity index (χ4n) is 4.01. The lowest BCUT2D eigenvalue weighted by atomic mass is 9.92. The van der Waals surface area contributed by atoms with E-state index in [2.05, 4.69) is 0 Å². The van der Waals surface area contributed by atoms with Crippen molar-refractivity contribution >= 4 is 15.9 Å². The Hall–Kier alpha value is -1.80. The minimum Gasteiger partial charge on any atom is -0.493 e. The number of nitrogens with zero attached hydrogens (tertiary/aromatic N) is 1. The van der Waals surface area contributed by atoms with Crippen LogP contribution in [0.25, 0.3) is 0 Å². The Bertz CT molecular complexity index is 839. The Balaban J connectivity index is 1.67. The molecule has 4 rings (SSSR count). The summed E-state index contributed by atoms with van der Waals surface area (Å²) in [7, 11) is -1.00. The molecule has 0 bridgehead atoms. The summed E-state index contributed by atoms with van der Waals surface area (Å²) in [6.07, 6.45) is 4.86. The quantitative estimate of drug-likeness (QED) is 0.778. The van der Waals surface area contributed by atoms with Crippen molar-refractivity contribution in [3.63, 3.8) is 0 Å². The van der Waals surface area contributed by atoms with Crippen LogP contribution < -0.4 is 9.47 Å². The van der Waals surface area contributed by atoms with Crippen molar-refractivity contribution in [2.75, 3.05) is 27.4 Å². The minimum atomic E-state index is -3.89. The molecular weight excluding hydrogens is 358 g/mol. The number of benzene rings is 1. The topological polar surface area (TPSA) is 82.1 Å². The summed E-state index contributed by atoms with van der Waals surface area (Å²) in [4.78, 5) is 12.9. The zero-order chi connectivity index (χ0) is 18.5. The van der Waals surface area contributed by atoms with Gasteiger partial charge in [0.2, 0.25) is 0 Å². The normalized spacial score (nSPS) is 25.7. The van der Waals surface area contributed by atoms with E-state index in [1.807, 2.05) is 0 Å². The lowest BCUT2D eigenvalue weighted by Crippen LogP contribution is -2.41. The molecule has 142 valence electrons. The summed E-state index contributed by atoms with van der Waals surface area (Å²) in [5, 5.41) is 0. The van der Waals surface area contributed by atoms with E-state index in [0.29, 0.717) is 18.1 Å². The number of carbonyl (C=O) groups excluding carboxylic acids is 1. The molecule has 0 radical (unpaired) electrons. The van der Waals surface area contributed by atoms with Crippen LogP contribution in [0.3, 0.4) is 0 Å². The van der Waals surface area contributed by atoms with E-state index in [-0.39, 0.29) is 28.5 Å². The number of carbonyl (C=O) groups is 1. The summed E-state index contributed by atoms with van der Waals surface area (Å²) >= 11 is 0. The van der Waals surface area contributed by atoms with Gasteiger partial charge in [-0.15, -0.1) is 0 Å². The number of sulfonamides is 1. The van der Waals surface area contributed by atoms with Crippen LogP contribution in [0.15, 0.2) is 17.0 Å². The average molecular weight is 381 g/mol. The van der Waals surface area contributed by atoms with Crippen LogP contribution >= 0.6 is 0 Å². The van der Waals surface area contributed by atoms with Gasteiger partial charge in [0, 0.05) is 24.6 Å². The zero-order valence-electron chi connectivity index (χ0n) is 15.0. The van der Waals surface area contributed by atoms with Crippen molar-refractivity contribution in [3.8, 4) is 11.5 Å². The maximum atomic E-state index is 13.0. The smallest absolute Gasteiger partial charge is 0.269 e. The van der Waals surface area contributed by atoms with E-state index < -0.39 is 15.9 Å². The van der Waals surface area contributed by atoms with Crippen molar-refractivity contribution in [2.24, 2.45) is 5.41 Å². The van der Waals surface area contributed by atoms with E-state index in [4.69, 9.17) is 14.2 Å². The average Bonchev–Trinajstić information content (AvgIpc) is 3.42. The highest BCUT2D eigenvalue weighted by atomic mass is 32.2. The molecule has 2 fully saturated rings. The van der Waals surface area contributed by atoms with E-state index >= 15 is 0 Å². The lowest BCUT2D eigenvalue weighted by Gasteiger charge is -2.32. The predicted molar refractivity (Wildman–Crippen MR) is 93.0 cm³/mol. The maximum Gasteiger partial charge on any atom is 0.269 e. The van der Waals surface area contributed by atoms with Crippen LogP contribution in [0.4, 0.5) is 0 Å². The molecule has 0 aromatic heterocycles. The summed E-state index contributed by atoms with van der Waals surface area (Å²) in [6.45, 7) is 0.889. The molecule has 1 amide bonds. The first-order valence-corrected chi connectivity index (χ1v) is 10.3. The van der Waals surface area contributed by atoms with Crippen LogP contribution in [0.5, 0.6) is 11.5 Å². The second-order valence-corrected chi connectivity index (χ2v) is 9.07. The first kappa shape index (κ1) is 17.6. The number of fused-ring (bicyclic) bond motifs is 1. The first-order chi connectivity index (χ1) is 12.4. The van der Waals surface area contributed by atoms with Gasteiger partial charge in [0.25, 0.3) is 15.9 Å². The van der Waals surface area contributed by atoms with Gasteiger partial charge in [-0.25, -0.2) is 12.7 Å². The predicted octanol–water partition coefficient (Wildman–Crippen LogP) is 2.20. The molecule has 1 aromatic rings. The molecule has 1 unspecified atom stereocenters. The van der Waals surface area contributed by atoms with Gasteiger partial charge in [-0.3, -0.25) is 4.79 Å². The highest BCUT2D eigenvalue weighted by Gasteiger charge is 2.55. The molecule has 0 N–H and O–H groups in total. The Morgan fingerprint density at radius 3 is 2.46 bits per heavy atom. The molecule has 0 spiro atoms. The fourth-order valence-corrected chi connectivity index (χ4v) is 5.67. The van der Waals surface area contributed by atoms with Crippen LogP contribution in [0.2, 0.25) is 0 Å². The molecule has 3 aliphatic rings. The standard InChI is InChI=1S/C18H23NO6S/c1-23-13-9-12-15(10-14(13)24-2)26(21,22)19(17(12)20)11-18(6-7-18)16-5-3-4-8-25-16/h9-10,16H,3-8,11H2,1-2H3. The zero-order valence-corrected chi connectivity index (χ0v) is 15.8. The number of hydrogen-bond acceptors (Lipinski definition) is 6. The lowest BCUT2D eigenvalue weighted by molar-refractivity contribution is -0.0337. The minimum absolute atomic E-state index is 0.0134. The largest absolute Gasteiger partial charge is 0.493 e. The molecule has 1 atom stereocenters. The molecule has 2 aliphatic heterocycles. The molecule has 7 nitrogen and oxygen atoms in total. The van der Waals surface area contributed by atoms with Gasteiger partial charge in [0.15, 0.2) is 11.5 Å². The van der Waals surface area contributed by atoms with Gasteiger partial charge < -0.3 is 14.2 Å². The third kappa shape index (κ3) is 2.58. The molecular formula is C18H23NO6S. The van der Waals surface area contributed by atoms with Crippen molar-refractivity contribution in [2.45, 2.75) is 43.1 Å². The van der Waals surface area contributed by atoms with Gasteiger partial charge in [0.05, 0.1) is 25.9 Å². The SMILES string of the molecule is COc1cc2c(cc1OC)S(=O)(=O)N(CC1(C3CCCCO3)CC1)C2=O. The summed E-state index contributed by atoms with van der Waals surface area (Å²) in [6, 6.07) is 2.82. The van der Waals surface area contributed by atoms with Gasteiger partial charge in [-0.2, -0.15) is 0 Å². The Morgan fingerprint density at radius 2 is 1.88 bits per heavy atom. The number of rotatable bonds is 5. The summed E-state index contributed by atoms with van der Waals surface area (Å²) in [5.41, 5.74) is -0.0951. The van der Waals surface area contributed by atoms with Crippen molar-refractivity contribution in [1.82, 2.24) is 4.31 Å². The Kier molecular flexibility index (Phi) is 4.15. The maximum absolute atomic E-state index is 13.0. The molecule has 1 saturated heterocycles. The number of ether oxygens (including phenoxy) is 3. The van der Waals surface area contributed by atoms with E-state index in [1.54, 1.807) is 0 Å². The van der Waals surface area contributed by atoms with Crippen molar-refractivity contribution in [1.29, 1.82) is 0 Å². The number of methoxy groups -OCH3 is 2. The molecule has 2 heterocycles. The monoisotopic (exact) mass is 381 g/mol. The van der Waals surface area contributed by atoms with Crippen LogP contribution in [0, 0.1) is 5.41 Å². The molecule has 8 heteroatoms. The Labute approximate surface area is 153 Å². The molecule has 26 heavy (non-hydrogen) atoms. The van der Waals surface area contributed by atoms with Crippen molar-refractivity contribution in [3.05, 3.63) is 17.7 Å². The molecule has 1 aromatic carbocycles. The third-order valence-corrected chi connectivity index (χ3v) is 7.49. The number of amides is 1.